The second kappa shape index (κ2) is 4.74. The zero-order chi connectivity index (χ0) is 15.4. The Bertz CT molecular complexity index is 678. The van der Waals surface area contributed by atoms with Gasteiger partial charge in [0.2, 0.25) is 10.8 Å². The number of pyridine rings is 1. The molecule has 2 unspecified atom stereocenters. The molecule has 1 spiro atoms. The number of carbonyl (C=O) groups is 1. The first kappa shape index (κ1) is 14.1. The van der Waals surface area contributed by atoms with Crippen molar-refractivity contribution >= 4 is 16.3 Å². The van der Waals surface area contributed by atoms with E-state index in [1.807, 2.05) is 0 Å². The summed E-state index contributed by atoms with van der Waals surface area (Å²) in [5.74, 6) is 0.395. The molecule has 0 bridgehead atoms. The molecule has 0 aromatic carbocycles. The van der Waals surface area contributed by atoms with Gasteiger partial charge in [-0.15, -0.1) is 4.72 Å². The smallest absolute Gasteiger partial charge is 0.272 e. The third kappa shape index (κ3) is 2.31. The van der Waals surface area contributed by atoms with Gasteiger partial charge in [0.15, 0.2) is 10.4 Å². The third-order valence-electron chi connectivity index (χ3n) is 4.45. The highest BCUT2D eigenvalue weighted by Crippen LogP contribution is 2.37. The number of nitrogens with one attached hydrogen (secondary N) is 1. The van der Waals surface area contributed by atoms with Crippen molar-refractivity contribution in [2.24, 2.45) is 5.92 Å². The van der Waals surface area contributed by atoms with Gasteiger partial charge in [-0.05, 0) is 25.3 Å². The van der Waals surface area contributed by atoms with E-state index >= 15 is 0 Å². The van der Waals surface area contributed by atoms with Crippen LogP contribution >= 0.6 is 0 Å². The lowest BCUT2D eigenvalue weighted by atomic mass is 10.0. The van der Waals surface area contributed by atoms with Gasteiger partial charge >= 0.3 is 0 Å². The van der Waals surface area contributed by atoms with Gasteiger partial charge in [-0.25, -0.2) is 4.98 Å². The van der Waals surface area contributed by atoms with E-state index in [9.17, 15) is 13.6 Å². The number of rotatable bonds is 1. The van der Waals surface area contributed by atoms with Crippen molar-refractivity contribution in [3.63, 3.8) is 0 Å². The van der Waals surface area contributed by atoms with E-state index in [4.69, 9.17) is 4.74 Å². The molecule has 1 N–H and O–H groups in total. The Morgan fingerprint density at radius 3 is 3.14 bits per heavy atom. The number of fused-ring (bicyclic) bond motifs is 1. The van der Waals surface area contributed by atoms with Crippen molar-refractivity contribution in [1.82, 2.24) is 14.6 Å². The molecule has 1 saturated heterocycles. The maximum Gasteiger partial charge on any atom is 0.272 e. The molecular formula is C14H17N3O4S. The summed E-state index contributed by atoms with van der Waals surface area (Å²) in [4.78, 5) is 18.0. The average molecular weight is 323 g/mol. The quantitative estimate of drug-likeness (QED) is 0.753. The molecule has 8 heteroatoms. The van der Waals surface area contributed by atoms with Gasteiger partial charge in [0, 0.05) is 31.3 Å². The number of amides is 1. The van der Waals surface area contributed by atoms with Crippen molar-refractivity contribution < 1.29 is 18.3 Å². The third-order valence-corrected chi connectivity index (χ3v) is 6.05. The summed E-state index contributed by atoms with van der Waals surface area (Å²) < 4.78 is 33.5. The SMILES string of the molecule is O=C(C1CC1)N1CCC2(COc3ncccc3[S+](=O)([O-])N2)C1. The molecule has 7 nitrogen and oxygen atoms in total. The monoisotopic (exact) mass is 323 g/mol. The van der Waals surface area contributed by atoms with Gasteiger partial charge in [-0.1, -0.05) is 4.21 Å². The summed E-state index contributed by atoms with van der Waals surface area (Å²) in [7, 11) is -3.70. The summed E-state index contributed by atoms with van der Waals surface area (Å²) >= 11 is 0. The standard InChI is InChI=1S/C14H17N3O4S/c18-13(10-3-4-10)17-7-5-14(8-17)9-21-12-11(2-1-6-15-12)22(19,20)16-14/h1-2,6,10H,3-5,7-9H2,(H-,16,19,20). The number of carbonyl (C=O) groups excluding carboxylic acids is 1. The average Bonchev–Trinajstić information content (AvgIpc) is 3.27. The summed E-state index contributed by atoms with van der Waals surface area (Å²) in [6.07, 6.45) is 3.95. The van der Waals surface area contributed by atoms with Crippen molar-refractivity contribution in [2.45, 2.75) is 29.7 Å². The molecule has 2 aliphatic heterocycles. The minimum Gasteiger partial charge on any atom is -0.593 e. The van der Waals surface area contributed by atoms with Crippen molar-refractivity contribution in [3.05, 3.63) is 18.3 Å². The lowest BCUT2D eigenvalue weighted by Gasteiger charge is -2.28. The molecule has 22 heavy (non-hydrogen) atoms. The fourth-order valence-corrected chi connectivity index (χ4v) is 4.62. The summed E-state index contributed by atoms with van der Waals surface area (Å²) in [5.41, 5.74) is -0.760. The Hall–Kier alpha value is -1.51. The molecule has 1 saturated carbocycles. The molecule has 118 valence electrons. The van der Waals surface area contributed by atoms with Crippen molar-refractivity contribution in [3.8, 4) is 5.88 Å². The molecule has 1 aromatic heterocycles. The summed E-state index contributed by atoms with van der Waals surface area (Å²) in [6, 6.07) is 3.04. The van der Waals surface area contributed by atoms with Crippen LogP contribution in [0.4, 0.5) is 0 Å². The number of ether oxygens (including phenoxy) is 1. The van der Waals surface area contributed by atoms with E-state index in [1.54, 1.807) is 11.0 Å². The zero-order valence-electron chi connectivity index (χ0n) is 12.0. The minimum atomic E-state index is -3.70. The second-order valence-corrected chi connectivity index (χ2v) is 7.92. The molecule has 3 aliphatic rings. The lowest BCUT2D eigenvalue weighted by Crippen LogP contribution is -2.55. The van der Waals surface area contributed by atoms with Gasteiger partial charge in [0.05, 0.1) is 0 Å². The zero-order valence-corrected chi connectivity index (χ0v) is 12.8. The first-order valence-electron chi connectivity index (χ1n) is 7.40. The molecule has 2 fully saturated rings. The number of aromatic nitrogens is 1. The van der Waals surface area contributed by atoms with Crippen LogP contribution in [0.15, 0.2) is 23.2 Å². The van der Waals surface area contributed by atoms with Crippen molar-refractivity contribution in [2.75, 3.05) is 19.7 Å². The summed E-state index contributed by atoms with van der Waals surface area (Å²) in [5, 5.41) is 0. The van der Waals surface area contributed by atoms with E-state index in [0.29, 0.717) is 19.5 Å². The molecule has 1 aromatic rings. The number of hydrogen-bond acceptors (Lipinski definition) is 5. The Labute approximate surface area is 129 Å². The van der Waals surface area contributed by atoms with Crippen LogP contribution in [0.1, 0.15) is 19.3 Å². The highest BCUT2D eigenvalue weighted by atomic mass is 32.3. The molecule has 4 rings (SSSR count). The van der Waals surface area contributed by atoms with Crippen LogP contribution in [-0.2, 0) is 19.4 Å². The van der Waals surface area contributed by atoms with Crippen molar-refractivity contribution in [1.29, 1.82) is 0 Å². The maximum absolute atomic E-state index is 12.5. The highest BCUT2D eigenvalue weighted by molar-refractivity contribution is 7.96. The van der Waals surface area contributed by atoms with Gasteiger partial charge in [0.1, 0.15) is 12.1 Å². The molecule has 3 heterocycles. The molecule has 0 radical (unpaired) electrons. The first-order chi connectivity index (χ1) is 10.5. The fourth-order valence-electron chi connectivity index (χ4n) is 3.12. The van der Waals surface area contributed by atoms with Crippen LogP contribution in [0.5, 0.6) is 5.88 Å². The van der Waals surface area contributed by atoms with E-state index in [-0.39, 0.29) is 29.2 Å². The predicted molar refractivity (Wildman–Crippen MR) is 76.6 cm³/mol. The normalized spacial score (nSPS) is 34.1. The van der Waals surface area contributed by atoms with Gasteiger partial charge in [-0.2, -0.15) is 0 Å². The van der Waals surface area contributed by atoms with E-state index in [0.717, 1.165) is 12.8 Å². The number of hydrogen-bond donors (Lipinski definition) is 1. The van der Waals surface area contributed by atoms with Crippen LogP contribution in [0.2, 0.25) is 0 Å². The number of likely N-dealkylation sites (tertiary alicyclic amines) is 1. The number of nitrogens with zero attached hydrogens (tertiary/aromatic N) is 2. The predicted octanol–water partition coefficient (Wildman–Crippen LogP) is 0.349. The molecule has 2 atom stereocenters. The molecular weight excluding hydrogens is 306 g/mol. The second-order valence-electron chi connectivity index (χ2n) is 6.27. The molecule has 1 aliphatic carbocycles. The van der Waals surface area contributed by atoms with E-state index in [2.05, 4.69) is 9.71 Å². The largest absolute Gasteiger partial charge is 0.593 e. The minimum absolute atomic E-state index is 0.0545. The Morgan fingerprint density at radius 1 is 1.55 bits per heavy atom. The Balaban J connectivity index is 1.60. The van der Waals surface area contributed by atoms with Crippen LogP contribution in [0.25, 0.3) is 0 Å². The lowest BCUT2D eigenvalue weighted by molar-refractivity contribution is -0.131. The topological polar surface area (TPSA) is 94.6 Å². The Kier molecular flexibility index (Phi) is 3.04. The van der Waals surface area contributed by atoms with Crippen LogP contribution in [0, 0.1) is 5.92 Å². The maximum atomic E-state index is 12.5. The summed E-state index contributed by atoms with van der Waals surface area (Å²) in [6.45, 7) is 1.10. The van der Waals surface area contributed by atoms with Gasteiger partial charge in [-0.3, -0.25) is 4.79 Å². The van der Waals surface area contributed by atoms with Gasteiger partial charge in [0.25, 0.3) is 5.88 Å². The highest BCUT2D eigenvalue weighted by Gasteiger charge is 2.50. The molecule has 1 amide bonds. The fraction of sp³-hybridized carbons (Fsp3) is 0.571. The van der Waals surface area contributed by atoms with E-state index in [1.165, 1.54) is 12.3 Å². The first-order valence-corrected chi connectivity index (χ1v) is 8.88. The number of sulfonamides is 1. The Morgan fingerprint density at radius 2 is 2.36 bits per heavy atom. The van der Waals surface area contributed by atoms with Crippen LogP contribution < -0.4 is 9.46 Å². The van der Waals surface area contributed by atoms with Gasteiger partial charge < -0.3 is 14.2 Å². The van der Waals surface area contributed by atoms with Crippen LogP contribution in [0.3, 0.4) is 0 Å². The van der Waals surface area contributed by atoms with E-state index < -0.39 is 15.9 Å². The van der Waals surface area contributed by atoms with Crippen LogP contribution in [-0.4, -0.2) is 45.6 Å².